The summed E-state index contributed by atoms with van der Waals surface area (Å²) < 4.78 is 9.69. The SMILES string of the molecule is COC(=O)C(=C(C)C#N)c1ccc(OC)cc1. The van der Waals surface area contributed by atoms with Crippen LogP contribution in [-0.2, 0) is 9.53 Å². The zero-order chi connectivity index (χ0) is 12.8. The molecule has 0 bridgehead atoms. The molecule has 0 fully saturated rings. The molecule has 0 N–H and O–H groups in total. The fraction of sp³-hybridized carbons (Fsp3) is 0.231. The van der Waals surface area contributed by atoms with Gasteiger partial charge < -0.3 is 9.47 Å². The highest BCUT2D eigenvalue weighted by atomic mass is 16.5. The Morgan fingerprint density at radius 2 is 1.82 bits per heavy atom. The van der Waals surface area contributed by atoms with Crippen molar-refractivity contribution in [3.63, 3.8) is 0 Å². The lowest BCUT2D eigenvalue weighted by Gasteiger charge is -2.07. The van der Waals surface area contributed by atoms with E-state index in [1.165, 1.54) is 7.11 Å². The Balaban J connectivity index is 3.25. The number of benzene rings is 1. The molecule has 0 heterocycles. The van der Waals surface area contributed by atoms with Gasteiger partial charge in [-0.2, -0.15) is 5.26 Å². The van der Waals surface area contributed by atoms with Crippen molar-refractivity contribution in [1.82, 2.24) is 0 Å². The third kappa shape index (κ3) is 2.85. The lowest BCUT2D eigenvalue weighted by atomic mass is 10.0. The van der Waals surface area contributed by atoms with Crippen LogP contribution in [0.3, 0.4) is 0 Å². The van der Waals surface area contributed by atoms with E-state index in [0.29, 0.717) is 16.9 Å². The number of esters is 1. The number of hydrogen-bond acceptors (Lipinski definition) is 4. The van der Waals surface area contributed by atoms with Gasteiger partial charge in [-0.05, 0) is 24.6 Å². The Kier molecular flexibility index (Phi) is 4.29. The summed E-state index contributed by atoms with van der Waals surface area (Å²) in [6.07, 6.45) is 0. The van der Waals surface area contributed by atoms with Gasteiger partial charge in [0.05, 0.1) is 25.9 Å². The molecule has 0 aliphatic carbocycles. The van der Waals surface area contributed by atoms with Gasteiger partial charge in [0.15, 0.2) is 0 Å². The van der Waals surface area contributed by atoms with Crippen LogP contribution in [0, 0.1) is 11.3 Å². The Bertz CT molecular complexity index is 480. The second-order valence-corrected chi connectivity index (χ2v) is 3.33. The van der Waals surface area contributed by atoms with Gasteiger partial charge in [0.2, 0.25) is 0 Å². The topological polar surface area (TPSA) is 59.3 Å². The van der Waals surface area contributed by atoms with Crippen molar-refractivity contribution in [3.8, 4) is 11.8 Å². The monoisotopic (exact) mass is 231 g/mol. The highest BCUT2D eigenvalue weighted by Crippen LogP contribution is 2.22. The average Bonchev–Trinajstić information content (AvgIpc) is 2.39. The van der Waals surface area contributed by atoms with Crippen molar-refractivity contribution < 1.29 is 14.3 Å². The van der Waals surface area contributed by atoms with E-state index in [2.05, 4.69) is 4.74 Å². The number of methoxy groups -OCH3 is 2. The molecule has 0 radical (unpaired) electrons. The summed E-state index contributed by atoms with van der Waals surface area (Å²) in [5.41, 5.74) is 1.23. The Morgan fingerprint density at radius 1 is 1.24 bits per heavy atom. The van der Waals surface area contributed by atoms with Crippen molar-refractivity contribution in [2.45, 2.75) is 6.92 Å². The predicted octanol–water partition coefficient (Wildman–Crippen LogP) is 2.17. The van der Waals surface area contributed by atoms with Crippen molar-refractivity contribution >= 4 is 11.5 Å². The van der Waals surface area contributed by atoms with Crippen molar-refractivity contribution in [2.75, 3.05) is 14.2 Å². The van der Waals surface area contributed by atoms with Crippen LogP contribution >= 0.6 is 0 Å². The third-order valence-corrected chi connectivity index (χ3v) is 2.31. The quantitative estimate of drug-likeness (QED) is 0.454. The molecule has 0 saturated heterocycles. The standard InChI is InChI=1S/C13H13NO3/c1-9(8-14)12(13(15)17-3)10-4-6-11(16-2)7-5-10/h4-7H,1-3H3. The molecule has 0 spiro atoms. The molecule has 4 nitrogen and oxygen atoms in total. The molecular formula is C13H13NO3. The van der Waals surface area contributed by atoms with Crippen LogP contribution < -0.4 is 4.74 Å². The van der Waals surface area contributed by atoms with E-state index in [0.717, 1.165) is 0 Å². The predicted molar refractivity (Wildman–Crippen MR) is 63.2 cm³/mol. The van der Waals surface area contributed by atoms with Gasteiger partial charge in [-0.25, -0.2) is 4.79 Å². The molecule has 0 amide bonds. The van der Waals surface area contributed by atoms with Crippen LogP contribution in [-0.4, -0.2) is 20.2 Å². The van der Waals surface area contributed by atoms with Gasteiger partial charge in [-0.1, -0.05) is 12.1 Å². The van der Waals surface area contributed by atoms with Crippen molar-refractivity contribution in [3.05, 3.63) is 35.4 Å². The maximum atomic E-state index is 11.6. The molecule has 1 aromatic carbocycles. The molecule has 1 aromatic rings. The average molecular weight is 231 g/mol. The summed E-state index contributed by atoms with van der Waals surface area (Å²) in [5, 5.41) is 8.87. The summed E-state index contributed by atoms with van der Waals surface area (Å²) >= 11 is 0. The largest absolute Gasteiger partial charge is 0.497 e. The molecular weight excluding hydrogens is 218 g/mol. The first-order chi connectivity index (χ1) is 8.13. The zero-order valence-electron chi connectivity index (χ0n) is 9.98. The zero-order valence-corrected chi connectivity index (χ0v) is 9.98. The van der Waals surface area contributed by atoms with Gasteiger partial charge in [0, 0.05) is 5.57 Å². The Labute approximate surface area is 100 Å². The van der Waals surface area contributed by atoms with Gasteiger partial charge in [-0.15, -0.1) is 0 Å². The molecule has 1 rings (SSSR count). The van der Waals surface area contributed by atoms with Crippen LogP contribution in [0.1, 0.15) is 12.5 Å². The number of carbonyl (C=O) groups excluding carboxylic acids is 1. The molecule has 0 aliphatic heterocycles. The summed E-state index contributed by atoms with van der Waals surface area (Å²) in [5.74, 6) is 0.168. The smallest absolute Gasteiger partial charge is 0.339 e. The highest BCUT2D eigenvalue weighted by molar-refractivity contribution is 6.18. The summed E-state index contributed by atoms with van der Waals surface area (Å²) in [6, 6.07) is 8.83. The van der Waals surface area contributed by atoms with Crippen LogP contribution in [0.2, 0.25) is 0 Å². The first-order valence-electron chi connectivity index (χ1n) is 4.97. The van der Waals surface area contributed by atoms with Crippen molar-refractivity contribution in [1.29, 1.82) is 5.26 Å². The van der Waals surface area contributed by atoms with Crippen LogP contribution in [0.4, 0.5) is 0 Å². The second-order valence-electron chi connectivity index (χ2n) is 3.33. The molecule has 0 aliphatic rings. The number of allylic oxidation sites excluding steroid dienone is 1. The normalized spacial score (nSPS) is 11.2. The fourth-order valence-corrected chi connectivity index (χ4v) is 1.40. The molecule has 0 aromatic heterocycles. The van der Waals surface area contributed by atoms with E-state index >= 15 is 0 Å². The Hall–Kier alpha value is -2.28. The highest BCUT2D eigenvalue weighted by Gasteiger charge is 2.15. The van der Waals surface area contributed by atoms with E-state index in [-0.39, 0.29) is 5.57 Å². The lowest BCUT2D eigenvalue weighted by molar-refractivity contribution is -0.133. The molecule has 0 atom stereocenters. The first kappa shape index (κ1) is 12.8. The molecule has 0 unspecified atom stereocenters. The molecule has 17 heavy (non-hydrogen) atoms. The van der Waals surface area contributed by atoms with Gasteiger partial charge in [0.25, 0.3) is 0 Å². The summed E-state index contributed by atoms with van der Waals surface area (Å²) in [6.45, 7) is 1.58. The van der Waals surface area contributed by atoms with E-state index in [9.17, 15) is 4.79 Å². The van der Waals surface area contributed by atoms with E-state index in [4.69, 9.17) is 10.00 Å². The number of ether oxygens (including phenoxy) is 2. The lowest BCUT2D eigenvalue weighted by Crippen LogP contribution is -2.05. The maximum Gasteiger partial charge on any atom is 0.339 e. The van der Waals surface area contributed by atoms with E-state index < -0.39 is 5.97 Å². The van der Waals surface area contributed by atoms with Crippen LogP contribution in [0.15, 0.2) is 29.8 Å². The van der Waals surface area contributed by atoms with Crippen molar-refractivity contribution in [2.24, 2.45) is 0 Å². The second kappa shape index (κ2) is 5.71. The number of rotatable bonds is 3. The molecule has 88 valence electrons. The Morgan fingerprint density at radius 3 is 2.24 bits per heavy atom. The minimum atomic E-state index is -0.519. The number of nitriles is 1. The van der Waals surface area contributed by atoms with Crippen LogP contribution in [0.25, 0.3) is 5.57 Å². The van der Waals surface area contributed by atoms with Crippen LogP contribution in [0.5, 0.6) is 5.75 Å². The maximum absolute atomic E-state index is 11.6. The number of hydrogen-bond donors (Lipinski definition) is 0. The number of nitrogens with zero attached hydrogens (tertiary/aromatic N) is 1. The van der Waals surface area contributed by atoms with E-state index in [1.807, 2.05) is 6.07 Å². The van der Waals surface area contributed by atoms with E-state index in [1.54, 1.807) is 38.3 Å². The third-order valence-electron chi connectivity index (χ3n) is 2.31. The first-order valence-corrected chi connectivity index (χ1v) is 4.97. The summed E-state index contributed by atoms with van der Waals surface area (Å²) in [4.78, 5) is 11.6. The van der Waals surface area contributed by atoms with Gasteiger partial charge in [0.1, 0.15) is 5.75 Å². The van der Waals surface area contributed by atoms with Gasteiger partial charge >= 0.3 is 5.97 Å². The fourth-order valence-electron chi connectivity index (χ4n) is 1.40. The summed E-state index contributed by atoms with van der Waals surface area (Å²) in [7, 11) is 2.85. The minimum absolute atomic E-state index is 0.276. The molecule has 0 saturated carbocycles. The number of carbonyl (C=O) groups is 1. The minimum Gasteiger partial charge on any atom is -0.497 e. The van der Waals surface area contributed by atoms with Gasteiger partial charge in [-0.3, -0.25) is 0 Å². The molecule has 4 heteroatoms.